The van der Waals surface area contributed by atoms with Crippen molar-refractivity contribution >= 4 is 11.9 Å². The van der Waals surface area contributed by atoms with E-state index in [1.807, 2.05) is 50.2 Å². The summed E-state index contributed by atoms with van der Waals surface area (Å²) in [7, 11) is 1.23. The third-order valence-electron chi connectivity index (χ3n) is 7.49. The average Bonchev–Trinajstić information content (AvgIpc) is 3.36. The highest BCUT2D eigenvalue weighted by atomic mass is 19.2. The molecule has 0 aliphatic rings. The molecule has 0 saturated heterocycles. The lowest BCUT2D eigenvalue weighted by atomic mass is 9.92. The molecule has 0 saturated carbocycles. The second-order valence-electron chi connectivity index (χ2n) is 11.1. The summed E-state index contributed by atoms with van der Waals surface area (Å²) in [6.45, 7) is 3.52. The summed E-state index contributed by atoms with van der Waals surface area (Å²) in [5.74, 6) is -1.84. The number of aliphatic hydroxyl groups is 2. The number of aliphatic hydroxyl groups excluding tert-OH is 2. The molecule has 4 aromatic rings. The maximum atomic E-state index is 15.8. The number of aromatic nitrogens is 1. The molecule has 1 amide bonds. The molecule has 3 aromatic carbocycles. The standard InChI is InChI=1S/C35H38F2N2O5/c1-23(2)39-30(19-18-28(40)20-29(41)21-31(42)44-3)32(26-14-16-27(36)17-15-26)33(25-12-8-5-9-13-25)34(39)35(43)38(37)22-24-10-6-4-7-11-24/h4-17,23,28-29,40-41H,18-22H2,1-3H3. The van der Waals surface area contributed by atoms with Gasteiger partial charge in [0.2, 0.25) is 0 Å². The molecular formula is C35H38F2N2O5. The first-order valence-electron chi connectivity index (χ1n) is 14.6. The van der Waals surface area contributed by atoms with Crippen molar-refractivity contribution in [1.82, 2.24) is 9.69 Å². The summed E-state index contributed by atoms with van der Waals surface area (Å²) in [6.07, 6.45) is -1.97. The quantitative estimate of drug-likeness (QED) is 0.131. The van der Waals surface area contributed by atoms with Crippen LogP contribution in [0.5, 0.6) is 0 Å². The number of nitrogens with zero attached hydrogens (tertiary/aromatic N) is 2. The van der Waals surface area contributed by atoms with Crippen molar-refractivity contribution in [2.75, 3.05) is 7.11 Å². The Labute approximate surface area is 256 Å². The first-order valence-corrected chi connectivity index (χ1v) is 14.6. The Morgan fingerprint density at radius 2 is 1.45 bits per heavy atom. The van der Waals surface area contributed by atoms with Crippen LogP contribution in [-0.2, 0) is 22.5 Å². The van der Waals surface area contributed by atoms with Gasteiger partial charge in [-0.15, -0.1) is 0 Å². The number of ether oxygens (including phenoxy) is 1. The van der Waals surface area contributed by atoms with Gasteiger partial charge in [-0.25, -0.2) is 4.39 Å². The highest BCUT2D eigenvalue weighted by Crippen LogP contribution is 2.43. The maximum Gasteiger partial charge on any atom is 0.308 e. The summed E-state index contributed by atoms with van der Waals surface area (Å²) in [5.41, 5.74) is 3.85. The molecule has 9 heteroatoms. The summed E-state index contributed by atoms with van der Waals surface area (Å²) in [4.78, 5) is 25.7. The molecule has 0 fully saturated rings. The Morgan fingerprint density at radius 3 is 2.05 bits per heavy atom. The van der Waals surface area contributed by atoms with E-state index in [-0.39, 0.29) is 49.1 Å². The van der Waals surface area contributed by atoms with Crippen molar-refractivity contribution in [1.29, 1.82) is 0 Å². The maximum absolute atomic E-state index is 15.8. The van der Waals surface area contributed by atoms with Crippen LogP contribution in [-0.4, -0.2) is 51.1 Å². The number of carbonyl (C=O) groups is 2. The van der Waals surface area contributed by atoms with Crippen molar-refractivity contribution in [2.24, 2.45) is 0 Å². The zero-order valence-electron chi connectivity index (χ0n) is 25.1. The van der Waals surface area contributed by atoms with E-state index in [0.717, 1.165) is 0 Å². The molecule has 0 aliphatic heterocycles. The Kier molecular flexibility index (Phi) is 11.0. The van der Waals surface area contributed by atoms with Crippen LogP contribution in [0.4, 0.5) is 8.87 Å². The average molecular weight is 605 g/mol. The Hall–Kier alpha value is -4.34. The lowest BCUT2D eigenvalue weighted by molar-refractivity contribution is -0.143. The van der Waals surface area contributed by atoms with Gasteiger partial charge in [-0.1, -0.05) is 77.3 Å². The lowest BCUT2D eigenvalue weighted by Crippen LogP contribution is -2.27. The minimum absolute atomic E-state index is 0.0595. The van der Waals surface area contributed by atoms with Gasteiger partial charge in [0, 0.05) is 22.9 Å². The summed E-state index contributed by atoms with van der Waals surface area (Å²) >= 11 is 0. The minimum Gasteiger partial charge on any atom is -0.469 e. The van der Waals surface area contributed by atoms with E-state index < -0.39 is 29.9 Å². The van der Waals surface area contributed by atoms with Crippen LogP contribution < -0.4 is 0 Å². The number of hydrogen-bond donors (Lipinski definition) is 2. The molecule has 2 atom stereocenters. The van der Waals surface area contributed by atoms with Gasteiger partial charge in [-0.2, -0.15) is 5.12 Å². The molecular weight excluding hydrogens is 566 g/mol. The van der Waals surface area contributed by atoms with E-state index in [1.54, 1.807) is 41.0 Å². The molecule has 232 valence electrons. The molecule has 0 radical (unpaired) electrons. The predicted molar refractivity (Wildman–Crippen MR) is 165 cm³/mol. The molecule has 7 nitrogen and oxygen atoms in total. The summed E-state index contributed by atoms with van der Waals surface area (Å²) in [5, 5.41) is 21.3. The van der Waals surface area contributed by atoms with Gasteiger partial charge >= 0.3 is 5.97 Å². The van der Waals surface area contributed by atoms with Gasteiger partial charge in [-0.05, 0) is 61.9 Å². The van der Waals surface area contributed by atoms with E-state index in [9.17, 15) is 24.2 Å². The zero-order valence-corrected chi connectivity index (χ0v) is 25.1. The fourth-order valence-electron chi connectivity index (χ4n) is 5.50. The van der Waals surface area contributed by atoms with Crippen molar-refractivity contribution in [3.8, 4) is 22.3 Å². The second kappa shape index (κ2) is 14.9. The Bertz CT molecular complexity index is 1540. The number of benzene rings is 3. The molecule has 1 aromatic heterocycles. The van der Waals surface area contributed by atoms with Crippen LogP contribution >= 0.6 is 0 Å². The topological polar surface area (TPSA) is 92.0 Å². The number of rotatable bonds is 13. The number of halogens is 2. The van der Waals surface area contributed by atoms with Crippen LogP contribution in [0.1, 0.15) is 60.9 Å². The highest BCUT2D eigenvalue weighted by Gasteiger charge is 2.33. The van der Waals surface area contributed by atoms with E-state index in [2.05, 4.69) is 4.74 Å². The molecule has 1 heterocycles. The van der Waals surface area contributed by atoms with E-state index in [0.29, 0.717) is 33.5 Å². The van der Waals surface area contributed by atoms with Crippen LogP contribution in [0.15, 0.2) is 84.9 Å². The smallest absolute Gasteiger partial charge is 0.308 e. The van der Waals surface area contributed by atoms with Gasteiger partial charge in [0.1, 0.15) is 11.5 Å². The molecule has 44 heavy (non-hydrogen) atoms. The van der Waals surface area contributed by atoms with Crippen LogP contribution in [0.3, 0.4) is 0 Å². The van der Waals surface area contributed by atoms with Crippen LogP contribution in [0.2, 0.25) is 0 Å². The number of esters is 1. The van der Waals surface area contributed by atoms with Gasteiger partial charge in [-0.3, -0.25) is 9.59 Å². The van der Waals surface area contributed by atoms with Crippen molar-refractivity contribution in [3.05, 3.63) is 108 Å². The fraction of sp³-hybridized carbons (Fsp3) is 0.314. The fourth-order valence-corrected chi connectivity index (χ4v) is 5.50. The SMILES string of the molecule is COC(=O)CC(O)CC(O)CCc1c(-c2ccc(F)cc2)c(-c2ccccc2)c(C(=O)N(F)Cc2ccccc2)n1C(C)C. The number of carbonyl (C=O) groups excluding carboxylic acids is 2. The van der Waals surface area contributed by atoms with Crippen molar-refractivity contribution in [3.63, 3.8) is 0 Å². The van der Waals surface area contributed by atoms with Gasteiger partial charge in [0.25, 0.3) is 5.91 Å². The van der Waals surface area contributed by atoms with E-state index in [1.165, 1.54) is 19.2 Å². The van der Waals surface area contributed by atoms with E-state index >= 15 is 4.48 Å². The molecule has 4 rings (SSSR count). The number of amides is 1. The molecule has 0 bridgehead atoms. The Balaban J connectivity index is 1.86. The van der Waals surface area contributed by atoms with Crippen LogP contribution in [0.25, 0.3) is 22.3 Å². The molecule has 2 N–H and O–H groups in total. The monoisotopic (exact) mass is 604 g/mol. The normalized spacial score (nSPS) is 12.6. The lowest BCUT2D eigenvalue weighted by Gasteiger charge is -2.21. The van der Waals surface area contributed by atoms with Gasteiger partial charge < -0.3 is 19.5 Å². The molecule has 2 unspecified atom stereocenters. The van der Waals surface area contributed by atoms with Gasteiger partial charge in [0.05, 0.1) is 32.3 Å². The summed E-state index contributed by atoms with van der Waals surface area (Å²) < 4.78 is 36.3. The van der Waals surface area contributed by atoms with Crippen molar-refractivity contribution in [2.45, 2.75) is 64.3 Å². The second-order valence-corrected chi connectivity index (χ2v) is 11.1. The highest BCUT2D eigenvalue weighted by molar-refractivity contribution is 6.04. The van der Waals surface area contributed by atoms with E-state index in [4.69, 9.17) is 0 Å². The first-order chi connectivity index (χ1) is 21.1. The third-order valence-corrected chi connectivity index (χ3v) is 7.49. The minimum atomic E-state index is -1.10. The zero-order chi connectivity index (χ0) is 31.8. The largest absolute Gasteiger partial charge is 0.469 e. The number of methoxy groups -OCH3 is 1. The third kappa shape index (κ3) is 7.78. The number of hydrogen-bond acceptors (Lipinski definition) is 5. The predicted octanol–water partition coefficient (Wildman–Crippen LogP) is 6.68. The van der Waals surface area contributed by atoms with Crippen molar-refractivity contribution < 1.29 is 33.4 Å². The summed E-state index contributed by atoms with van der Waals surface area (Å²) in [6, 6.07) is 23.6. The first kappa shape index (κ1) is 32.6. The Morgan fingerprint density at radius 1 is 0.864 bits per heavy atom. The van der Waals surface area contributed by atoms with Gasteiger partial charge in [0.15, 0.2) is 0 Å². The molecule has 0 aliphatic carbocycles. The molecule has 0 spiro atoms. The van der Waals surface area contributed by atoms with Crippen LogP contribution in [0, 0.1) is 5.82 Å².